The lowest BCUT2D eigenvalue weighted by molar-refractivity contribution is -0.139. The SMILES string of the molecule is CCCC(NCC(=O)NCc1cc(F)cc(F)c1)C(=O)O. The number of aliphatic carboxylic acids is 1. The molecular weight excluding hydrogens is 282 g/mol. The Kier molecular flexibility index (Phi) is 6.74. The van der Waals surface area contributed by atoms with Crippen LogP contribution in [0.15, 0.2) is 18.2 Å². The van der Waals surface area contributed by atoms with Gasteiger partial charge in [-0.05, 0) is 24.1 Å². The zero-order chi connectivity index (χ0) is 15.8. The third-order valence-corrected chi connectivity index (χ3v) is 2.80. The summed E-state index contributed by atoms with van der Waals surface area (Å²) in [7, 11) is 0. The second-order valence-electron chi connectivity index (χ2n) is 4.61. The van der Waals surface area contributed by atoms with Crippen LogP contribution in [0.2, 0.25) is 0 Å². The van der Waals surface area contributed by atoms with Gasteiger partial charge in [-0.15, -0.1) is 0 Å². The predicted molar refractivity (Wildman–Crippen MR) is 72.5 cm³/mol. The van der Waals surface area contributed by atoms with Gasteiger partial charge in [-0.2, -0.15) is 0 Å². The molecule has 21 heavy (non-hydrogen) atoms. The zero-order valence-corrected chi connectivity index (χ0v) is 11.7. The van der Waals surface area contributed by atoms with Crippen molar-refractivity contribution in [3.05, 3.63) is 35.4 Å². The molecule has 0 saturated carbocycles. The van der Waals surface area contributed by atoms with Gasteiger partial charge in [0.25, 0.3) is 0 Å². The Hall–Kier alpha value is -2.02. The Labute approximate surface area is 121 Å². The molecule has 1 atom stereocenters. The molecule has 1 amide bonds. The van der Waals surface area contributed by atoms with Crippen molar-refractivity contribution in [1.82, 2.24) is 10.6 Å². The van der Waals surface area contributed by atoms with E-state index in [-0.39, 0.29) is 13.1 Å². The van der Waals surface area contributed by atoms with Gasteiger partial charge >= 0.3 is 5.97 Å². The van der Waals surface area contributed by atoms with Gasteiger partial charge in [0.05, 0.1) is 6.54 Å². The van der Waals surface area contributed by atoms with Crippen LogP contribution in [0.25, 0.3) is 0 Å². The first kappa shape index (κ1) is 17.0. The summed E-state index contributed by atoms with van der Waals surface area (Å²) >= 11 is 0. The molecule has 5 nitrogen and oxygen atoms in total. The first-order valence-corrected chi connectivity index (χ1v) is 6.60. The fourth-order valence-corrected chi connectivity index (χ4v) is 1.79. The molecule has 0 aliphatic rings. The highest BCUT2D eigenvalue weighted by atomic mass is 19.1. The van der Waals surface area contributed by atoms with E-state index in [1.54, 1.807) is 0 Å². The van der Waals surface area contributed by atoms with Crippen molar-refractivity contribution in [3.8, 4) is 0 Å². The average Bonchev–Trinajstić information content (AvgIpc) is 2.39. The standard InChI is InChI=1S/C14H18F2N2O3/c1-2-3-12(14(20)21)17-8-13(19)18-7-9-4-10(15)6-11(16)5-9/h4-6,12,17H,2-3,7-8H2,1H3,(H,18,19)(H,20,21). The Balaban J connectivity index is 2.41. The second kappa shape index (κ2) is 8.31. The minimum atomic E-state index is -1.02. The fourth-order valence-electron chi connectivity index (χ4n) is 1.79. The van der Waals surface area contributed by atoms with Gasteiger partial charge in [-0.3, -0.25) is 14.9 Å². The number of carboxylic acid groups (broad SMARTS) is 1. The largest absolute Gasteiger partial charge is 0.480 e. The van der Waals surface area contributed by atoms with Crippen LogP contribution >= 0.6 is 0 Å². The van der Waals surface area contributed by atoms with Gasteiger partial charge in [0.1, 0.15) is 17.7 Å². The molecule has 116 valence electrons. The molecule has 0 aliphatic heterocycles. The molecule has 1 aromatic rings. The van der Waals surface area contributed by atoms with E-state index in [1.165, 1.54) is 0 Å². The predicted octanol–water partition coefficient (Wildman–Crippen LogP) is 1.42. The number of benzene rings is 1. The maximum atomic E-state index is 12.9. The summed E-state index contributed by atoms with van der Waals surface area (Å²) in [4.78, 5) is 22.4. The Morgan fingerprint density at radius 3 is 2.38 bits per heavy atom. The maximum Gasteiger partial charge on any atom is 0.320 e. The molecule has 3 N–H and O–H groups in total. The fraction of sp³-hybridized carbons (Fsp3) is 0.429. The molecule has 1 rings (SSSR count). The smallest absolute Gasteiger partial charge is 0.320 e. The van der Waals surface area contributed by atoms with Crippen molar-refractivity contribution in [2.75, 3.05) is 6.54 Å². The molecule has 0 spiro atoms. The number of carbonyl (C=O) groups is 2. The summed E-state index contributed by atoms with van der Waals surface area (Å²) in [6.45, 7) is 1.64. The maximum absolute atomic E-state index is 12.9. The minimum Gasteiger partial charge on any atom is -0.480 e. The highest BCUT2D eigenvalue weighted by molar-refractivity contribution is 5.79. The van der Waals surface area contributed by atoms with E-state index in [0.29, 0.717) is 18.4 Å². The van der Waals surface area contributed by atoms with Crippen molar-refractivity contribution in [3.63, 3.8) is 0 Å². The molecule has 0 fully saturated rings. The molecular formula is C14H18F2N2O3. The number of amides is 1. The van der Waals surface area contributed by atoms with Gasteiger partial charge in [-0.25, -0.2) is 8.78 Å². The lowest BCUT2D eigenvalue weighted by atomic mass is 10.1. The van der Waals surface area contributed by atoms with Crippen molar-refractivity contribution < 1.29 is 23.5 Å². The first-order valence-electron chi connectivity index (χ1n) is 6.60. The molecule has 0 bridgehead atoms. The summed E-state index contributed by atoms with van der Waals surface area (Å²) in [6, 6.07) is 2.20. The summed E-state index contributed by atoms with van der Waals surface area (Å²) < 4.78 is 25.9. The van der Waals surface area contributed by atoms with Gasteiger partial charge in [0.2, 0.25) is 5.91 Å². The number of rotatable bonds is 8. The quantitative estimate of drug-likeness (QED) is 0.678. The van der Waals surface area contributed by atoms with Crippen molar-refractivity contribution in [2.45, 2.75) is 32.4 Å². The van der Waals surface area contributed by atoms with Gasteiger partial charge in [0, 0.05) is 12.6 Å². The zero-order valence-electron chi connectivity index (χ0n) is 11.7. The topological polar surface area (TPSA) is 78.4 Å². The summed E-state index contributed by atoms with van der Waals surface area (Å²) in [5, 5.41) is 14.0. The average molecular weight is 300 g/mol. The van der Waals surface area contributed by atoms with Crippen LogP contribution in [0, 0.1) is 11.6 Å². The van der Waals surface area contributed by atoms with Crippen molar-refractivity contribution in [2.24, 2.45) is 0 Å². The summed E-state index contributed by atoms with van der Waals surface area (Å²) in [5.41, 5.74) is 0.296. The highest BCUT2D eigenvalue weighted by Gasteiger charge is 2.16. The molecule has 0 saturated heterocycles. The summed E-state index contributed by atoms with van der Waals surface area (Å²) in [5.74, 6) is -2.89. The van der Waals surface area contributed by atoms with Crippen LogP contribution in [0.4, 0.5) is 8.78 Å². The lowest BCUT2D eigenvalue weighted by Crippen LogP contribution is -2.42. The van der Waals surface area contributed by atoms with E-state index in [9.17, 15) is 18.4 Å². The van der Waals surface area contributed by atoms with Crippen LogP contribution < -0.4 is 10.6 Å². The molecule has 0 aromatic heterocycles. The number of nitrogens with one attached hydrogen (secondary N) is 2. The van der Waals surface area contributed by atoms with E-state index in [2.05, 4.69) is 10.6 Å². The normalized spacial score (nSPS) is 12.0. The van der Waals surface area contributed by atoms with Crippen LogP contribution in [0.5, 0.6) is 0 Å². The van der Waals surface area contributed by atoms with Crippen LogP contribution in [-0.4, -0.2) is 29.6 Å². The van der Waals surface area contributed by atoms with Gasteiger partial charge in [-0.1, -0.05) is 13.3 Å². The number of halogens is 2. The van der Waals surface area contributed by atoms with Crippen LogP contribution in [-0.2, 0) is 16.1 Å². The number of hydrogen-bond acceptors (Lipinski definition) is 3. The van der Waals surface area contributed by atoms with E-state index in [1.807, 2.05) is 6.92 Å². The van der Waals surface area contributed by atoms with Crippen LogP contribution in [0.1, 0.15) is 25.3 Å². The molecule has 0 radical (unpaired) electrons. The first-order chi connectivity index (χ1) is 9.92. The molecule has 7 heteroatoms. The minimum absolute atomic E-state index is 0.0271. The monoisotopic (exact) mass is 300 g/mol. The van der Waals surface area contributed by atoms with Crippen LogP contribution in [0.3, 0.4) is 0 Å². The van der Waals surface area contributed by atoms with Crippen molar-refractivity contribution in [1.29, 1.82) is 0 Å². The third kappa shape index (κ3) is 6.31. The second-order valence-corrected chi connectivity index (χ2v) is 4.61. The molecule has 0 aliphatic carbocycles. The van der Waals surface area contributed by atoms with E-state index >= 15 is 0 Å². The highest BCUT2D eigenvalue weighted by Crippen LogP contribution is 2.07. The Morgan fingerprint density at radius 2 is 1.86 bits per heavy atom. The van der Waals surface area contributed by atoms with E-state index < -0.39 is 29.6 Å². The Morgan fingerprint density at radius 1 is 1.24 bits per heavy atom. The van der Waals surface area contributed by atoms with E-state index in [0.717, 1.165) is 18.2 Å². The van der Waals surface area contributed by atoms with E-state index in [4.69, 9.17) is 5.11 Å². The lowest BCUT2D eigenvalue weighted by Gasteiger charge is -2.13. The van der Waals surface area contributed by atoms with Gasteiger partial charge in [0.15, 0.2) is 0 Å². The summed E-state index contributed by atoms with van der Waals surface area (Å²) in [6.07, 6.45) is 1.09. The molecule has 1 aromatic carbocycles. The van der Waals surface area contributed by atoms with Gasteiger partial charge < -0.3 is 10.4 Å². The number of carbonyl (C=O) groups excluding carboxylic acids is 1. The molecule has 0 heterocycles. The number of carboxylic acids is 1. The molecule has 1 unspecified atom stereocenters. The Bertz CT molecular complexity index is 489. The number of hydrogen-bond donors (Lipinski definition) is 3. The van der Waals surface area contributed by atoms with Crippen molar-refractivity contribution >= 4 is 11.9 Å². The third-order valence-electron chi connectivity index (χ3n) is 2.80.